The lowest BCUT2D eigenvalue weighted by atomic mass is 9.80. The van der Waals surface area contributed by atoms with Crippen LogP contribution in [0.2, 0.25) is 0 Å². The summed E-state index contributed by atoms with van der Waals surface area (Å²) in [5, 5.41) is 18.7. The van der Waals surface area contributed by atoms with E-state index in [0.717, 1.165) is 0 Å². The van der Waals surface area contributed by atoms with Crippen molar-refractivity contribution in [3.05, 3.63) is 36.4 Å². The normalized spacial score (nSPS) is 11.4. The SMILES string of the molecule is O=C(O)C(Cc1ncc[nH]1)(Cc1ncc[nH]1)C(=O)O. The maximum absolute atomic E-state index is 11.5. The number of nitrogens with one attached hydrogen (secondary N) is 2. The molecule has 2 aromatic rings. The van der Waals surface area contributed by atoms with Crippen LogP contribution in [-0.2, 0) is 22.4 Å². The van der Waals surface area contributed by atoms with Crippen molar-refractivity contribution < 1.29 is 19.8 Å². The Hall–Kier alpha value is -2.64. The number of carboxylic acids is 2. The summed E-state index contributed by atoms with van der Waals surface area (Å²) in [6.45, 7) is 0. The predicted molar refractivity (Wildman–Crippen MR) is 62.3 cm³/mol. The molecule has 8 heteroatoms. The molecule has 8 nitrogen and oxygen atoms in total. The number of aromatic amines is 2. The Balaban J connectivity index is 2.35. The van der Waals surface area contributed by atoms with Gasteiger partial charge in [-0.2, -0.15) is 0 Å². The number of aromatic nitrogens is 4. The first-order valence-corrected chi connectivity index (χ1v) is 5.48. The Kier molecular flexibility index (Phi) is 3.32. The fourth-order valence-electron chi connectivity index (χ4n) is 1.82. The predicted octanol–water partition coefficient (Wildman–Crippen LogP) is 0.0736. The fraction of sp³-hybridized carbons (Fsp3) is 0.273. The lowest BCUT2D eigenvalue weighted by molar-refractivity contribution is -0.164. The highest BCUT2D eigenvalue weighted by Crippen LogP contribution is 2.27. The molecule has 2 aromatic heterocycles. The summed E-state index contributed by atoms with van der Waals surface area (Å²) < 4.78 is 0. The Labute approximate surface area is 107 Å². The molecule has 2 rings (SSSR count). The van der Waals surface area contributed by atoms with Crippen molar-refractivity contribution in [1.29, 1.82) is 0 Å². The summed E-state index contributed by atoms with van der Waals surface area (Å²) in [4.78, 5) is 36.1. The van der Waals surface area contributed by atoms with Crippen molar-refractivity contribution >= 4 is 11.9 Å². The van der Waals surface area contributed by atoms with Crippen LogP contribution in [0.1, 0.15) is 11.6 Å². The van der Waals surface area contributed by atoms with Crippen LogP contribution in [0.25, 0.3) is 0 Å². The van der Waals surface area contributed by atoms with Gasteiger partial charge in [0, 0.05) is 37.6 Å². The maximum Gasteiger partial charge on any atom is 0.321 e. The summed E-state index contributed by atoms with van der Waals surface area (Å²) in [7, 11) is 0. The lowest BCUT2D eigenvalue weighted by Crippen LogP contribution is -2.44. The molecule has 0 spiro atoms. The molecule has 0 aliphatic rings. The standard InChI is InChI=1S/C11H12N4O4/c16-9(17)11(10(18)19,5-7-12-1-2-13-7)6-8-14-3-4-15-8/h1-4H,5-6H2,(H,12,13)(H,14,15)(H,16,17)(H,18,19). The number of H-pyrrole nitrogens is 2. The highest BCUT2D eigenvalue weighted by atomic mass is 16.4. The molecule has 2 heterocycles. The molecule has 0 unspecified atom stereocenters. The number of rotatable bonds is 6. The van der Waals surface area contributed by atoms with Crippen LogP contribution in [-0.4, -0.2) is 42.1 Å². The zero-order chi connectivity index (χ0) is 13.9. The minimum atomic E-state index is -2.00. The molecule has 0 bridgehead atoms. The highest BCUT2D eigenvalue weighted by molar-refractivity contribution is 5.98. The summed E-state index contributed by atoms with van der Waals surface area (Å²) in [5.74, 6) is -2.24. The molecule has 0 saturated heterocycles. The summed E-state index contributed by atoms with van der Waals surface area (Å²) in [6.07, 6.45) is 5.41. The Morgan fingerprint density at radius 2 is 1.42 bits per heavy atom. The summed E-state index contributed by atoms with van der Waals surface area (Å²) in [5.41, 5.74) is -2.00. The van der Waals surface area contributed by atoms with Gasteiger partial charge in [0.15, 0.2) is 5.41 Å². The van der Waals surface area contributed by atoms with Gasteiger partial charge in [-0.25, -0.2) is 9.97 Å². The van der Waals surface area contributed by atoms with E-state index >= 15 is 0 Å². The topological polar surface area (TPSA) is 132 Å². The Morgan fingerprint density at radius 3 is 1.68 bits per heavy atom. The zero-order valence-electron chi connectivity index (χ0n) is 9.83. The van der Waals surface area contributed by atoms with Gasteiger partial charge in [-0.3, -0.25) is 9.59 Å². The number of hydrogen-bond acceptors (Lipinski definition) is 4. The minimum absolute atomic E-state index is 0.245. The minimum Gasteiger partial charge on any atom is -0.480 e. The second-order valence-electron chi connectivity index (χ2n) is 4.12. The van der Waals surface area contributed by atoms with E-state index in [1.807, 2.05) is 0 Å². The molecule has 0 aromatic carbocycles. The van der Waals surface area contributed by atoms with Gasteiger partial charge in [0.2, 0.25) is 0 Å². The van der Waals surface area contributed by atoms with Crippen molar-refractivity contribution in [2.45, 2.75) is 12.8 Å². The van der Waals surface area contributed by atoms with Crippen LogP contribution in [0.15, 0.2) is 24.8 Å². The van der Waals surface area contributed by atoms with Gasteiger partial charge in [-0.05, 0) is 0 Å². The van der Waals surface area contributed by atoms with E-state index in [1.165, 1.54) is 24.8 Å². The number of imidazole rings is 2. The van der Waals surface area contributed by atoms with E-state index in [2.05, 4.69) is 19.9 Å². The van der Waals surface area contributed by atoms with Gasteiger partial charge in [0.05, 0.1) is 0 Å². The van der Waals surface area contributed by atoms with E-state index in [9.17, 15) is 19.8 Å². The summed E-state index contributed by atoms with van der Waals surface area (Å²) >= 11 is 0. The molecule has 19 heavy (non-hydrogen) atoms. The number of carbonyl (C=O) groups is 2. The van der Waals surface area contributed by atoms with E-state index in [1.54, 1.807) is 0 Å². The van der Waals surface area contributed by atoms with Crippen molar-refractivity contribution in [3.8, 4) is 0 Å². The van der Waals surface area contributed by atoms with Crippen LogP contribution in [0.5, 0.6) is 0 Å². The smallest absolute Gasteiger partial charge is 0.321 e. The van der Waals surface area contributed by atoms with Crippen LogP contribution < -0.4 is 0 Å². The quantitative estimate of drug-likeness (QED) is 0.546. The molecule has 0 aliphatic carbocycles. The average molecular weight is 264 g/mol. The van der Waals surface area contributed by atoms with E-state index < -0.39 is 17.4 Å². The highest BCUT2D eigenvalue weighted by Gasteiger charge is 2.48. The van der Waals surface area contributed by atoms with Gasteiger partial charge in [-0.15, -0.1) is 0 Å². The third-order valence-electron chi connectivity index (χ3n) is 2.87. The fourth-order valence-corrected chi connectivity index (χ4v) is 1.82. The molecule has 0 fully saturated rings. The third kappa shape index (κ3) is 2.46. The first-order valence-electron chi connectivity index (χ1n) is 5.48. The third-order valence-corrected chi connectivity index (χ3v) is 2.87. The van der Waals surface area contributed by atoms with Gasteiger partial charge in [-0.1, -0.05) is 0 Å². The van der Waals surface area contributed by atoms with Crippen LogP contribution in [0.4, 0.5) is 0 Å². The zero-order valence-corrected chi connectivity index (χ0v) is 9.83. The monoisotopic (exact) mass is 264 g/mol. The molecular formula is C11H12N4O4. The first-order chi connectivity index (χ1) is 9.04. The first kappa shape index (κ1) is 12.8. The average Bonchev–Trinajstić information content (AvgIpc) is 3.00. The lowest BCUT2D eigenvalue weighted by Gasteiger charge is -2.22. The maximum atomic E-state index is 11.5. The molecular weight excluding hydrogens is 252 g/mol. The number of carboxylic acid groups (broad SMARTS) is 2. The molecule has 0 aliphatic heterocycles. The van der Waals surface area contributed by atoms with Gasteiger partial charge >= 0.3 is 11.9 Å². The van der Waals surface area contributed by atoms with Crippen molar-refractivity contribution in [1.82, 2.24) is 19.9 Å². The molecule has 0 radical (unpaired) electrons. The molecule has 0 amide bonds. The van der Waals surface area contributed by atoms with Gasteiger partial charge in [0.1, 0.15) is 11.6 Å². The van der Waals surface area contributed by atoms with E-state index in [4.69, 9.17) is 0 Å². The second-order valence-corrected chi connectivity index (χ2v) is 4.12. The van der Waals surface area contributed by atoms with Crippen LogP contribution >= 0.6 is 0 Å². The Bertz CT molecular complexity index is 509. The second kappa shape index (κ2) is 4.92. The molecule has 4 N–H and O–H groups in total. The van der Waals surface area contributed by atoms with Crippen LogP contribution in [0.3, 0.4) is 0 Å². The number of nitrogens with zero attached hydrogens (tertiary/aromatic N) is 2. The van der Waals surface area contributed by atoms with E-state index in [-0.39, 0.29) is 12.8 Å². The molecule has 0 saturated carbocycles. The Morgan fingerprint density at radius 1 is 1.00 bits per heavy atom. The van der Waals surface area contributed by atoms with Crippen molar-refractivity contribution in [2.24, 2.45) is 5.41 Å². The largest absolute Gasteiger partial charge is 0.480 e. The van der Waals surface area contributed by atoms with Crippen molar-refractivity contribution in [2.75, 3.05) is 0 Å². The van der Waals surface area contributed by atoms with Gasteiger partial charge in [0.25, 0.3) is 0 Å². The molecule has 0 atom stereocenters. The van der Waals surface area contributed by atoms with E-state index in [0.29, 0.717) is 11.6 Å². The summed E-state index contributed by atoms with van der Waals surface area (Å²) in [6, 6.07) is 0. The number of aliphatic carboxylic acids is 2. The van der Waals surface area contributed by atoms with Crippen LogP contribution in [0, 0.1) is 5.41 Å². The van der Waals surface area contributed by atoms with Gasteiger partial charge < -0.3 is 20.2 Å². The van der Waals surface area contributed by atoms with Crippen molar-refractivity contribution in [3.63, 3.8) is 0 Å². The molecule has 100 valence electrons. The number of hydrogen-bond donors (Lipinski definition) is 4.